The van der Waals surface area contributed by atoms with Crippen molar-refractivity contribution in [3.05, 3.63) is 70.7 Å². The average molecular weight is 514 g/mol. The molecule has 0 amide bonds. The van der Waals surface area contributed by atoms with Gasteiger partial charge in [0.25, 0.3) is 0 Å². The first-order valence-corrected chi connectivity index (χ1v) is 12.5. The summed E-state index contributed by atoms with van der Waals surface area (Å²) in [6, 6.07) is 5.17. The summed E-state index contributed by atoms with van der Waals surface area (Å²) in [5, 5.41) is 1.10. The third kappa shape index (κ3) is 7.02. The van der Waals surface area contributed by atoms with E-state index in [1.807, 2.05) is 47.1 Å². The van der Waals surface area contributed by atoms with Gasteiger partial charge in [-0.15, -0.1) is 0 Å². The van der Waals surface area contributed by atoms with Crippen molar-refractivity contribution in [2.75, 3.05) is 13.6 Å². The van der Waals surface area contributed by atoms with E-state index in [0.29, 0.717) is 11.9 Å². The molecular weight excluding hydrogens is 476 g/mol. The Hall–Kier alpha value is -3.55. The number of hydrogen-bond acceptors (Lipinski definition) is 5. The minimum Gasteiger partial charge on any atom is -0.459 e. The minimum absolute atomic E-state index is 0.132. The SMILES string of the molecule is CC.CCc1cnc2[nH]c3c(c2c1)C(C)(C)CN(C)C=C3C(=O)OC(C)C.O=Cc1ccc(F)c(F)c1. The van der Waals surface area contributed by atoms with Gasteiger partial charge < -0.3 is 14.6 Å². The van der Waals surface area contributed by atoms with Crippen molar-refractivity contribution in [1.82, 2.24) is 14.9 Å². The average Bonchev–Trinajstić information content (AvgIpc) is 3.20. The zero-order valence-corrected chi connectivity index (χ0v) is 22.9. The van der Waals surface area contributed by atoms with Gasteiger partial charge in [0.05, 0.1) is 17.4 Å². The molecule has 0 saturated carbocycles. The Morgan fingerprint density at radius 1 is 1.22 bits per heavy atom. The molecule has 2 aromatic heterocycles. The van der Waals surface area contributed by atoms with Crippen LogP contribution in [0.2, 0.25) is 0 Å². The normalized spacial score (nSPS) is 13.9. The van der Waals surface area contributed by atoms with Gasteiger partial charge in [0.1, 0.15) is 11.9 Å². The van der Waals surface area contributed by atoms with E-state index in [1.54, 1.807) is 0 Å². The zero-order chi connectivity index (χ0) is 27.9. The summed E-state index contributed by atoms with van der Waals surface area (Å²) in [6.45, 7) is 15.1. The largest absolute Gasteiger partial charge is 0.459 e. The van der Waals surface area contributed by atoms with Crippen molar-refractivity contribution in [3.8, 4) is 0 Å². The summed E-state index contributed by atoms with van der Waals surface area (Å²) < 4.78 is 29.9. The number of aromatic amines is 1. The van der Waals surface area contributed by atoms with Crippen molar-refractivity contribution >= 4 is 28.9 Å². The molecule has 0 saturated heterocycles. The number of benzene rings is 1. The Morgan fingerprint density at radius 2 is 1.89 bits per heavy atom. The van der Waals surface area contributed by atoms with Gasteiger partial charge in [0.15, 0.2) is 11.6 Å². The van der Waals surface area contributed by atoms with Gasteiger partial charge in [-0.25, -0.2) is 18.6 Å². The number of carbonyl (C=O) groups is 2. The van der Waals surface area contributed by atoms with Gasteiger partial charge in [-0.2, -0.15) is 0 Å². The molecule has 0 aliphatic carbocycles. The third-order valence-electron chi connectivity index (χ3n) is 5.70. The number of halogens is 2. The fourth-order valence-corrected chi connectivity index (χ4v) is 4.26. The quantitative estimate of drug-likeness (QED) is 0.321. The molecule has 200 valence electrons. The van der Waals surface area contributed by atoms with Crippen LogP contribution >= 0.6 is 0 Å². The topological polar surface area (TPSA) is 75.3 Å². The van der Waals surface area contributed by atoms with E-state index >= 15 is 0 Å². The van der Waals surface area contributed by atoms with E-state index in [9.17, 15) is 18.4 Å². The molecule has 37 heavy (non-hydrogen) atoms. The van der Waals surface area contributed by atoms with E-state index in [4.69, 9.17) is 4.74 Å². The number of nitrogens with one attached hydrogen (secondary N) is 1. The molecule has 0 atom stereocenters. The van der Waals surface area contributed by atoms with Crippen LogP contribution in [-0.4, -0.2) is 46.8 Å². The van der Waals surface area contributed by atoms with E-state index < -0.39 is 11.6 Å². The summed E-state index contributed by atoms with van der Waals surface area (Å²) in [6.07, 6.45) is 5.01. The van der Waals surface area contributed by atoms with Gasteiger partial charge in [-0.3, -0.25) is 4.79 Å². The highest BCUT2D eigenvalue weighted by atomic mass is 19.2. The van der Waals surface area contributed by atoms with E-state index in [1.165, 1.54) is 11.6 Å². The summed E-state index contributed by atoms with van der Waals surface area (Å²) in [7, 11) is 1.99. The van der Waals surface area contributed by atoms with Crippen LogP contribution in [0.1, 0.15) is 75.6 Å². The smallest absolute Gasteiger partial charge is 0.342 e. The molecule has 1 aliphatic heterocycles. The van der Waals surface area contributed by atoms with E-state index in [-0.39, 0.29) is 23.1 Å². The molecule has 0 bridgehead atoms. The maximum atomic E-state index is 12.7. The van der Waals surface area contributed by atoms with Crippen LogP contribution < -0.4 is 0 Å². The number of esters is 1. The molecular formula is C29H37F2N3O3. The molecule has 0 fully saturated rings. The van der Waals surface area contributed by atoms with Crippen molar-refractivity contribution in [2.45, 2.75) is 66.4 Å². The first kappa shape index (κ1) is 29.7. The second-order valence-electron chi connectivity index (χ2n) is 9.56. The molecule has 6 nitrogen and oxygen atoms in total. The number of H-pyrrole nitrogens is 1. The lowest BCUT2D eigenvalue weighted by molar-refractivity contribution is -0.140. The number of aromatic nitrogens is 2. The number of fused-ring (bicyclic) bond motifs is 3. The molecule has 3 heterocycles. The molecule has 0 spiro atoms. The molecule has 0 unspecified atom stereocenters. The van der Waals surface area contributed by atoms with Crippen molar-refractivity contribution in [2.24, 2.45) is 0 Å². The van der Waals surface area contributed by atoms with Crippen LogP contribution in [0.3, 0.4) is 0 Å². The summed E-state index contributed by atoms with van der Waals surface area (Å²) in [4.78, 5) is 32.7. The van der Waals surface area contributed by atoms with Crippen molar-refractivity contribution in [3.63, 3.8) is 0 Å². The van der Waals surface area contributed by atoms with Crippen molar-refractivity contribution in [1.29, 1.82) is 0 Å². The van der Waals surface area contributed by atoms with Crippen LogP contribution in [0.25, 0.3) is 16.6 Å². The van der Waals surface area contributed by atoms with Crippen molar-refractivity contribution < 1.29 is 23.1 Å². The predicted molar refractivity (Wildman–Crippen MR) is 143 cm³/mol. The molecule has 3 aromatic rings. The van der Waals surface area contributed by atoms with Gasteiger partial charge in [0.2, 0.25) is 0 Å². The number of ether oxygens (including phenoxy) is 1. The first-order valence-electron chi connectivity index (χ1n) is 12.5. The Balaban J connectivity index is 0.000000336. The standard InChI is InChI=1S/C20H27N3O2.C7H4F2O.C2H6/c1-7-13-8-14-16-17(22-18(14)21-9-13)15(19(24)25-12(2)3)10-23(6)11-20(16,4)5;8-6-2-1-5(4-10)3-7(6)9;1-2/h8-10,12H,7,11H2,1-6H3,(H,21,22);1-4H;1-2H3. The minimum atomic E-state index is -0.996. The van der Waals surface area contributed by atoms with Crippen LogP contribution in [0.5, 0.6) is 0 Å². The van der Waals surface area contributed by atoms with Crippen LogP contribution in [0.4, 0.5) is 8.78 Å². The number of aryl methyl sites for hydroxylation is 1. The zero-order valence-electron chi connectivity index (χ0n) is 22.9. The number of aldehydes is 1. The monoisotopic (exact) mass is 513 g/mol. The molecule has 1 N–H and O–H groups in total. The van der Waals surface area contributed by atoms with Gasteiger partial charge in [0, 0.05) is 42.4 Å². The van der Waals surface area contributed by atoms with Gasteiger partial charge in [-0.1, -0.05) is 34.6 Å². The number of carbonyl (C=O) groups excluding carboxylic acids is 2. The second-order valence-corrected chi connectivity index (χ2v) is 9.56. The van der Waals surface area contributed by atoms with Crippen LogP contribution in [0, 0.1) is 11.6 Å². The summed E-state index contributed by atoms with van der Waals surface area (Å²) >= 11 is 0. The maximum absolute atomic E-state index is 12.7. The fourth-order valence-electron chi connectivity index (χ4n) is 4.26. The Morgan fingerprint density at radius 3 is 2.46 bits per heavy atom. The van der Waals surface area contributed by atoms with Gasteiger partial charge in [-0.05, 0) is 55.7 Å². The Labute approximate surface area is 217 Å². The highest BCUT2D eigenvalue weighted by molar-refractivity contribution is 6.17. The van der Waals surface area contributed by atoms with Crippen LogP contribution in [-0.2, 0) is 21.4 Å². The van der Waals surface area contributed by atoms with Crippen LogP contribution in [0.15, 0.2) is 36.7 Å². The van der Waals surface area contributed by atoms with Gasteiger partial charge >= 0.3 is 5.97 Å². The lowest BCUT2D eigenvalue weighted by Crippen LogP contribution is -2.30. The van der Waals surface area contributed by atoms with E-state index in [0.717, 1.165) is 47.4 Å². The molecule has 1 aromatic carbocycles. The third-order valence-corrected chi connectivity index (χ3v) is 5.70. The lowest BCUT2D eigenvalue weighted by atomic mass is 9.82. The number of pyridine rings is 1. The molecule has 8 heteroatoms. The number of likely N-dealkylation sites (N-methyl/N-ethyl adjacent to an activating group) is 1. The lowest BCUT2D eigenvalue weighted by Gasteiger charge is -2.28. The summed E-state index contributed by atoms with van der Waals surface area (Å²) in [5.41, 5.74) is 4.55. The Kier molecular flexibility index (Phi) is 10.1. The predicted octanol–water partition coefficient (Wildman–Crippen LogP) is 6.44. The number of rotatable bonds is 4. The molecule has 4 rings (SSSR count). The fraction of sp³-hybridized carbons (Fsp3) is 0.414. The highest BCUT2D eigenvalue weighted by Gasteiger charge is 2.35. The molecule has 1 aliphatic rings. The summed E-state index contributed by atoms with van der Waals surface area (Å²) in [5.74, 6) is -2.24. The number of hydrogen-bond donors (Lipinski definition) is 1. The second kappa shape index (κ2) is 12.6. The van der Waals surface area contributed by atoms with E-state index in [2.05, 4.69) is 41.7 Å². The Bertz CT molecular complexity index is 1280. The maximum Gasteiger partial charge on any atom is 0.342 e. The first-order chi connectivity index (χ1) is 17.5. The number of nitrogens with zero attached hydrogens (tertiary/aromatic N) is 2. The molecule has 0 radical (unpaired) electrons. The highest BCUT2D eigenvalue weighted by Crippen LogP contribution is 2.39.